The van der Waals surface area contributed by atoms with E-state index < -0.39 is 0 Å². The first-order valence-corrected chi connectivity index (χ1v) is 12.7. The van der Waals surface area contributed by atoms with E-state index in [1.54, 1.807) is 12.1 Å². The molecule has 0 bridgehead atoms. The summed E-state index contributed by atoms with van der Waals surface area (Å²) in [6, 6.07) is 12.9. The molecule has 0 unspecified atom stereocenters. The first-order valence-electron chi connectivity index (χ1n) is 11.5. The first-order chi connectivity index (χ1) is 15.6. The second-order valence-corrected chi connectivity index (χ2v) is 10.7. The molecule has 2 aromatic carbocycles. The van der Waals surface area contributed by atoms with Crippen molar-refractivity contribution < 1.29 is 9.59 Å². The molecule has 0 saturated heterocycles. The number of benzene rings is 2. The van der Waals surface area contributed by atoms with E-state index >= 15 is 0 Å². The molecule has 0 saturated carbocycles. The Morgan fingerprint density at radius 3 is 2.21 bits per heavy atom. The fourth-order valence-electron chi connectivity index (χ4n) is 3.57. The minimum absolute atomic E-state index is 0.135. The quantitative estimate of drug-likeness (QED) is 0.349. The summed E-state index contributed by atoms with van der Waals surface area (Å²) in [6.45, 7) is 14.1. The molecule has 2 N–H and O–H groups in total. The Balaban J connectivity index is 1.99. The average molecular weight is 490 g/mol. The van der Waals surface area contributed by atoms with E-state index in [1.165, 1.54) is 18.7 Å². The van der Waals surface area contributed by atoms with E-state index in [0.29, 0.717) is 34.7 Å². The molecule has 0 aliphatic heterocycles. The molecule has 2 amide bonds. The van der Waals surface area contributed by atoms with Gasteiger partial charge in [0.15, 0.2) is 0 Å². The highest BCUT2D eigenvalue weighted by molar-refractivity contribution is 7.99. The van der Waals surface area contributed by atoms with Crippen LogP contribution < -0.4 is 10.6 Å². The van der Waals surface area contributed by atoms with Crippen LogP contribution in [-0.2, 0) is 4.79 Å². The summed E-state index contributed by atoms with van der Waals surface area (Å²) in [5, 5.41) is 6.53. The van der Waals surface area contributed by atoms with Crippen LogP contribution in [-0.4, -0.2) is 42.9 Å². The lowest BCUT2D eigenvalue weighted by molar-refractivity contribution is -0.114. The molecule has 0 aliphatic carbocycles. The topological polar surface area (TPSA) is 61.4 Å². The van der Waals surface area contributed by atoms with E-state index in [9.17, 15) is 9.59 Å². The molecule has 0 heterocycles. The summed E-state index contributed by atoms with van der Waals surface area (Å²) in [5.41, 5.74) is 1.15. The normalized spacial score (nSPS) is 11.3. The zero-order valence-electron chi connectivity index (χ0n) is 20.3. The largest absolute Gasteiger partial charge is 0.352 e. The van der Waals surface area contributed by atoms with E-state index in [1.807, 2.05) is 30.3 Å². The predicted molar refractivity (Wildman–Crippen MR) is 139 cm³/mol. The maximum atomic E-state index is 12.7. The van der Waals surface area contributed by atoms with Crippen molar-refractivity contribution >= 4 is 40.9 Å². The van der Waals surface area contributed by atoms with Crippen molar-refractivity contribution in [2.24, 2.45) is 11.8 Å². The van der Waals surface area contributed by atoms with Crippen molar-refractivity contribution in [2.75, 3.05) is 31.5 Å². The van der Waals surface area contributed by atoms with Crippen molar-refractivity contribution in [1.82, 2.24) is 10.2 Å². The number of carbonyl (C=O) groups excluding carboxylic acids is 2. The maximum Gasteiger partial charge on any atom is 0.251 e. The second kappa shape index (κ2) is 13.6. The SMILES string of the molecule is CC(=O)Nc1cc(C(=O)NCCCN(CC(C)C)CC(C)C)ccc1Sc1ccc(Cl)cc1. The van der Waals surface area contributed by atoms with Crippen LogP contribution in [0.5, 0.6) is 0 Å². The zero-order chi connectivity index (χ0) is 24.4. The fourth-order valence-corrected chi connectivity index (χ4v) is 4.58. The third-order valence-corrected chi connectivity index (χ3v) is 6.11. The fraction of sp³-hybridized carbons (Fsp3) is 0.462. The number of anilines is 1. The molecule has 0 fully saturated rings. The minimum atomic E-state index is -0.180. The Bertz CT molecular complexity index is 906. The number of nitrogens with one attached hydrogen (secondary N) is 2. The third-order valence-electron chi connectivity index (χ3n) is 4.78. The molecular formula is C26H36ClN3O2S. The second-order valence-electron chi connectivity index (χ2n) is 9.10. The molecule has 0 atom stereocenters. The van der Waals surface area contributed by atoms with Crippen LogP contribution in [0.3, 0.4) is 0 Å². The van der Waals surface area contributed by atoms with Gasteiger partial charge in [-0.05, 0) is 67.3 Å². The van der Waals surface area contributed by atoms with E-state index in [0.717, 1.165) is 35.8 Å². The van der Waals surface area contributed by atoms with Crippen LogP contribution in [0.25, 0.3) is 0 Å². The molecule has 2 rings (SSSR count). The third kappa shape index (κ3) is 10.2. The van der Waals surface area contributed by atoms with Crippen LogP contribution >= 0.6 is 23.4 Å². The highest BCUT2D eigenvalue weighted by Crippen LogP contribution is 2.34. The van der Waals surface area contributed by atoms with E-state index in [-0.39, 0.29) is 11.8 Å². The Kier molecular flexibility index (Phi) is 11.2. The molecule has 0 aromatic heterocycles. The minimum Gasteiger partial charge on any atom is -0.352 e. The number of nitrogens with zero attached hydrogens (tertiary/aromatic N) is 1. The standard InChI is InChI=1S/C26H36ClN3O2S/c1-18(2)16-30(17-19(3)4)14-6-13-28-26(32)21-7-12-25(24(15-21)29-20(5)31)33-23-10-8-22(27)9-11-23/h7-12,15,18-19H,6,13-14,16-17H2,1-5H3,(H,28,32)(H,29,31). The highest BCUT2D eigenvalue weighted by atomic mass is 35.5. The van der Waals surface area contributed by atoms with Gasteiger partial charge in [-0.2, -0.15) is 0 Å². The van der Waals surface area contributed by atoms with Crippen molar-refractivity contribution in [1.29, 1.82) is 0 Å². The highest BCUT2D eigenvalue weighted by Gasteiger charge is 2.13. The van der Waals surface area contributed by atoms with Crippen molar-refractivity contribution in [3.05, 3.63) is 53.1 Å². The van der Waals surface area contributed by atoms with Gasteiger partial charge in [0.1, 0.15) is 0 Å². The van der Waals surface area contributed by atoms with Gasteiger partial charge in [0, 0.05) is 46.9 Å². The molecular weight excluding hydrogens is 454 g/mol. The van der Waals surface area contributed by atoms with Crippen molar-refractivity contribution in [3.8, 4) is 0 Å². The molecule has 33 heavy (non-hydrogen) atoms. The summed E-state index contributed by atoms with van der Waals surface area (Å²) in [7, 11) is 0. The van der Waals surface area contributed by atoms with E-state index in [2.05, 4.69) is 43.2 Å². The van der Waals surface area contributed by atoms with Gasteiger partial charge in [-0.3, -0.25) is 9.59 Å². The molecule has 5 nitrogen and oxygen atoms in total. The lowest BCUT2D eigenvalue weighted by Gasteiger charge is -2.26. The number of rotatable bonds is 12. The molecule has 0 aliphatic rings. The zero-order valence-corrected chi connectivity index (χ0v) is 21.9. The maximum absolute atomic E-state index is 12.7. The van der Waals surface area contributed by atoms with Gasteiger partial charge < -0.3 is 15.5 Å². The average Bonchev–Trinajstić information content (AvgIpc) is 2.72. The summed E-state index contributed by atoms with van der Waals surface area (Å²) < 4.78 is 0. The van der Waals surface area contributed by atoms with Gasteiger partial charge >= 0.3 is 0 Å². The van der Waals surface area contributed by atoms with Crippen LogP contribution in [0.15, 0.2) is 52.3 Å². The van der Waals surface area contributed by atoms with Crippen LogP contribution in [0.4, 0.5) is 5.69 Å². The Hall–Kier alpha value is -2.02. The monoisotopic (exact) mass is 489 g/mol. The number of carbonyl (C=O) groups is 2. The lowest BCUT2D eigenvalue weighted by atomic mass is 10.1. The summed E-state index contributed by atoms with van der Waals surface area (Å²) in [5.74, 6) is 0.925. The molecule has 0 radical (unpaired) electrons. The van der Waals surface area contributed by atoms with Gasteiger partial charge in [-0.15, -0.1) is 0 Å². The number of hydrogen-bond acceptors (Lipinski definition) is 4. The van der Waals surface area contributed by atoms with E-state index in [4.69, 9.17) is 11.6 Å². The van der Waals surface area contributed by atoms with Crippen LogP contribution in [0, 0.1) is 11.8 Å². The molecule has 0 spiro atoms. The van der Waals surface area contributed by atoms with Crippen LogP contribution in [0.1, 0.15) is 51.4 Å². The van der Waals surface area contributed by atoms with Gasteiger partial charge in [-0.25, -0.2) is 0 Å². The van der Waals surface area contributed by atoms with Crippen molar-refractivity contribution in [3.63, 3.8) is 0 Å². The van der Waals surface area contributed by atoms with Gasteiger partial charge in [0.2, 0.25) is 5.91 Å². The molecule has 2 aromatic rings. The summed E-state index contributed by atoms with van der Waals surface area (Å²) >= 11 is 7.48. The Morgan fingerprint density at radius 1 is 1.00 bits per heavy atom. The number of halogens is 1. The molecule has 7 heteroatoms. The number of amides is 2. The Labute approximate surface area is 207 Å². The first kappa shape index (κ1) is 27.2. The van der Waals surface area contributed by atoms with Gasteiger partial charge in [-0.1, -0.05) is 51.1 Å². The van der Waals surface area contributed by atoms with Crippen LogP contribution in [0.2, 0.25) is 5.02 Å². The number of hydrogen-bond donors (Lipinski definition) is 2. The Morgan fingerprint density at radius 2 is 1.64 bits per heavy atom. The summed E-state index contributed by atoms with van der Waals surface area (Å²) in [6.07, 6.45) is 0.897. The lowest BCUT2D eigenvalue weighted by Crippen LogP contribution is -2.34. The summed E-state index contributed by atoms with van der Waals surface area (Å²) in [4.78, 5) is 28.8. The smallest absolute Gasteiger partial charge is 0.251 e. The van der Waals surface area contributed by atoms with Gasteiger partial charge in [0.25, 0.3) is 5.91 Å². The van der Waals surface area contributed by atoms with Crippen molar-refractivity contribution in [2.45, 2.75) is 50.8 Å². The molecule has 180 valence electrons. The predicted octanol–water partition coefficient (Wildman–Crippen LogP) is 6.18. The van der Waals surface area contributed by atoms with Gasteiger partial charge in [0.05, 0.1) is 5.69 Å².